The molecule has 0 unspecified atom stereocenters. The lowest BCUT2D eigenvalue weighted by Crippen LogP contribution is -2.51. The van der Waals surface area contributed by atoms with Gasteiger partial charge >= 0.3 is 0 Å². The van der Waals surface area contributed by atoms with E-state index < -0.39 is 15.1 Å². The molecule has 0 bridgehead atoms. The Labute approximate surface area is 155 Å². The molecule has 1 saturated heterocycles. The van der Waals surface area contributed by atoms with Gasteiger partial charge in [0.05, 0.1) is 5.25 Å². The normalized spacial score (nSPS) is 14.6. The predicted octanol–water partition coefficient (Wildman–Crippen LogP) is 3.12. The minimum absolute atomic E-state index is 0. The Morgan fingerprint density at radius 1 is 0.960 bits per heavy atom. The first kappa shape index (κ1) is 19.8. The molecule has 3 rings (SSSR count). The average Bonchev–Trinajstić information content (AvgIpc) is 2.50. The summed E-state index contributed by atoms with van der Waals surface area (Å²) in [6.45, 7) is 0.925. The second kappa shape index (κ2) is 8.70. The fourth-order valence-corrected chi connectivity index (χ4v) is 4.94. The number of hydrogen-bond acceptors (Lipinski definition) is 4. The Morgan fingerprint density at radius 2 is 1.64 bits per heavy atom. The highest BCUT2D eigenvalue weighted by Crippen LogP contribution is 2.31. The second-order valence-electron chi connectivity index (χ2n) is 6.28. The van der Waals surface area contributed by atoms with E-state index in [0.29, 0.717) is 19.5 Å². The zero-order valence-electron chi connectivity index (χ0n) is 14.0. The van der Waals surface area contributed by atoms with Crippen LogP contribution in [0.1, 0.15) is 24.0 Å². The highest BCUT2D eigenvalue weighted by molar-refractivity contribution is 7.92. The molecule has 0 amide bonds. The van der Waals surface area contributed by atoms with E-state index in [9.17, 15) is 13.5 Å². The quantitative estimate of drug-likeness (QED) is 0.723. The number of phenols is 1. The Hall–Kier alpha value is -1.56. The van der Waals surface area contributed by atoms with Crippen molar-refractivity contribution in [3.63, 3.8) is 0 Å². The molecule has 1 aliphatic rings. The van der Waals surface area contributed by atoms with Crippen LogP contribution < -0.4 is 5.32 Å². The average molecular weight is 382 g/mol. The third-order valence-electron chi connectivity index (χ3n) is 4.55. The summed E-state index contributed by atoms with van der Waals surface area (Å²) in [6, 6.07) is 15.3. The van der Waals surface area contributed by atoms with E-state index in [-0.39, 0.29) is 23.1 Å². The van der Waals surface area contributed by atoms with Gasteiger partial charge in [-0.15, -0.1) is 12.4 Å². The van der Waals surface area contributed by atoms with Crippen molar-refractivity contribution in [2.45, 2.75) is 35.8 Å². The zero-order valence-corrected chi connectivity index (χ0v) is 15.7. The number of phenolic OH excluding ortho intramolecular Hbond substituents is 1. The number of halogens is 1. The molecule has 0 aliphatic carbocycles. The van der Waals surface area contributed by atoms with Crippen molar-refractivity contribution in [3.05, 3.63) is 59.7 Å². The van der Waals surface area contributed by atoms with Crippen LogP contribution in [0.25, 0.3) is 0 Å². The maximum atomic E-state index is 12.7. The van der Waals surface area contributed by atoms with Crippen molar-refractivity contribution < 1.29 is 13.5 Å². The standard InChI is InChI=1S/C19H23NO3S.ClH/c21-18-12-6-11-16(19(18)24(22,23)17-13-20-14-17)10-5-4-9-15-7-2-1-3-8-15;/h1-3,6-8,11-12,17,20-21H,4-5,9-10,13-14H2;1H. The molecule has 2 aromatic rings. The molecule has 0 spiro atoms. The highest BCUT2D eigenvalue weighted by Gasteiger charge is 2.35. The van der Waals surface area contributed by atoms with E-state index in [0.717, 1.165) is 24.8 Å². The molecular weight excluding hydrogens is 358 g/mol. The lowest BCUT2D eigenvalue weighted by molar-refractivity contribution is 0.450. The Bertz CT molecular complexity index is 790. The summed E-state index contributed by atoms with van der Waals surface area (Å²) >= 11 is 0. The molecule has 2 N–H and O–H groups in total. The number of aromatic hydroxyl groups is 1. The fraction of sp³-hybridized carbons (Fsp3) is 0.368. The fourth-order valence-electron chi connectivity index (χ4n) is 3.03. The van der Waals surface area contributed by atoms with Crippen LogP contribution in [0.5, 0.6) is 5.75 Å². The van der Waals surface area contributed by atoms with Gasteiger partial charge in [-0.25, -0.2) is 8.42 Å². The third-order valence-corrected chi connectivity index (χ3v) is 6.80. The highest BCUT2D eigenvalue weighted by atomic mass is 35.5. The summed E-state index contributed by atoms with van der Waals surface area (Å²) in [5, 5.41) is 12.7. The van der Waals surface area contributed by atoms with E-state index in [2.05, 4.69) is 17.4 Å². The minimum Gasteiger partial charge on any atom is -0.507 e. The Kier molecular flexibility index (Phi) is 6.87. The van der Waals surface area contributed by atoms with Crippen LogP contribution in [0, 0.1) is 0 Å². The Morgan fingerprint density at radius 3 is 2.28 bits per heavy atom. The van der Waals surface area contributed by atoms with Crippen LogP contribution in [-0.2, 0) is 22.7 Å². The lowest BCUT2D eigenvalue weighted by atomic mass is 10.0. The molecule has 2 aromatic carbocycles. The number of unbranched alkanes of at least 4 members (excludes halogenated alkanes) is 1. The van der Waals surface area contributed by atoms with Crippen LogP contribution in [0.2, 0.25) is 0 Å². The molecule has 0 atom stereocenters. The molecule has 1 aliphatic heterocycles. The van der Waals surface area contributed by atoms with Crippen LogP contribution in [0.3, 0.4) is 0 Å². The van der Waals surface area contributed by atoms with Gasteiger partial charge in [0.15, 0.2) is 9.84 Å². The van der Waals surface area contributed by atoms with Crippen molar-refractivity contribution in [1.82, 2.24) is 5.32 Å². The number of benzene rings is 2. The lowest BCUT2D eigenvalue weighted by Gasteiger charge is -2.28. The number of sulfone groups is 1. The molecule has 0 saturated carbocycles. The Balaban J connectivity index is 0.00000225. The van der Waals surface area contributed by atoms with Crippen LogP contribution in [0.4, 0.5) is 0 Å². The molecule has 1 fully saturated rings. The predicted molar refractivity (Wildman–Crippen MR) is 102 cm³/mol. The van der Waals surface area contributed by atoms with Gasteiger partial charge in [0.2, 0.25) is 0 Å². The molecule has 6 heteroatoms. The first-order chi connectivity index (χ1) is 11.6. The minimum atomic E-state index is -3.47. The van der Waals surface area contributed by atoms with Crippen molar-refractivity contribution in [3.8, 4) is 5.75 Å². The molecule has 25 heavy (non-hydrogen) atoms. The van der Waals surface area contributed by atoms with Crippen molar-refractivity contribution in [2.75, 3.05) is 13.1 Å². The number of rotatable bonds is 7. The zero-order chi connectivity index (χ0) is 17.0. The van der Waals surface area contributed by atoms with E-state index >= 15 is 0 Å². The maximum absolute atomic E-state index is 12.7. The molecule has 1 heterocycles. The summed E-state index contributed by atoms with van der Waals surface area (Å²) in [4.78, 5) is 0.135. The van der Waals surface area contributed by atoms with Gasteiger partial charge in [-0.2, -0.15) is 0 Å². The van der Waals surface area contributed by atoms with Crippen molar-refractivity contribution in [2.24, 2.45) is 0 Å². The van der Waals surface area contributed by atoms with Crippen LogP contribution >= 0.6 is 12.4 Å². The smallest absolute Gasteiger partial charge is 0.187 e. The van der Waals surface area contributed by atoms with Gasteiger partial charge in [-0.3, -0.25) is 0 Å². The first-order valence-corrected chi connectivity index (χ1v) is 9.93. The summed E-state index contributed by atoms with van der Waals surface area (Å²) < 4.78 is 25.4. The van der Waals surface area contributed by atoms with Crippen LogP contribution in [0.15, 0.2) is 53.4 Å². The second-order valence-corrected chi connectivity index (χ2v) is 8.45. The largest absolute Gasteiger partial charge is 0.507 e. The van der Waals surface area contributed by atoms with Crippen LogP contribution in [-0.4, -0.2) is 31.9 Å². The molecule has 0 radical (unpaired) electrons. The number of hydrogen-bond donors (Lipinski definition) is 2. The topological polar surface area (TPSA) is 66.4 Å². The summed E-state index contributed by atoms with van der Waals surface area (Å²) in [6.07, 6.45) is 3.53. The third kappa shape index (κ3) is 4.54. The summed E-state index contributed by atoms with van der Waals surface area (Å²) in [5.41, 5.74) is 2.02. The van der Waals surface area contributed by atoms with Crippen molar-refractivity contribution in [1.29, 1.82) is 0 Å². The van der Waals surface area contributed by atoms with Gasteiger partial charge < -0.3 is 10.4 Å². The number of nitrogens with one attached hydrogen (secondary N) is 1. The summed E-state index contributed by atoms with van der Waals surface area (Å²) in [7, 11) is -3.47. The van der Waals surface area contributed by atoms with E-state index in [1.165, 1.54) is 11.6 Å². The SMILES string of the molecule is Cl.O=S(=O)(c1c(O)cccc1CCCCc1ccccc1)C1CNC1. The van der Waals surface area contributed by atoms with Gasteiger partial charge in [0, 0.05) is 13.1 Å². The van der Waals surface area contributed by atoms with Gasteiger partial charge in [0.1, 0.15) is 10.6 Å². The van der Waals surface area contributed by atoms with Gasteiger partial charge in [-0.05, 0) is 42.9 Å². The van der Waals surface area contributed by atoms with Crippen molar-refractivity contribution >= 4 is 22.2 Å². The molecule has 0 aromatic heterocycles. The number of aryl methyl sites for hydroxylation is 2. The monoisotopic (exact) mass is 381 g/mol. The van der Waals surface area contributed by atoms with Gasteiger partial charge in [-0.1, -0.05) is 42.5 Å². The maximum Gasteiger partial charge on any atom is 0.187 e. The summed E-state index contributed by atoms with van der Waals surface area (Å²) in [5.74, 6) is -0.123. The van der Waals surface area contributed by atoms with Gasteiger partial charge in [0.25, 0.3) is 0 Å². The molecule has 4 nitrogen and oxygen atoms in total. The van der Waals surface area contributed by atoms with E-state index in [1.54, 1.807) is 6.07 Å². The van der Waals surface area contributed by atoms with E-state index in [4.69, 9.17) is 0 Å². The first-order valence-electron chi connectivity index (χ1n) is 8.38. The molecule has 136 valence electrons. The molecular formula is C19H24ClNO3S. The van der Waals surface area contributed by atoms with E-state index in [1.807, 2.05) is 24.3 Å².